The Morgan fingerprint density at radius 3 is 1.67 bits per heavy atom. The van der Waals surface area contributed by atoms with E-state index in [-0.39, 0.29) is 0 Å². The van der Waals surface area contributed by atoms with Gasteiger partial charge in [-0.3, -0.25) is 0 Å². The van der Waals surface area contributed by atoms with Gasteiger partial charge < -0.3 is 9.32 Å². The van der Waals surface area contributed by atoms with Crippen molar-refractivity contribution in [1.82, 2.24) is 0 Å². The van der Waals surface area contributed by atoms with Crippen LogP contribution in [0.1, 0.15) is 22.3 Å². The van der Waals surface area contributed by atoms with E-state index in [2.05, 4.69) is 193 Å². The molecule has 0 fully saturated rings. The highest BCUT2D eigenvalue weighted by atomic mass is 16.3. The van der Waals surface area contributed by atoms with Crippen molar-refractivity contribution < 1.29 is 4.42 Å². The normalized spacial score (nSPS) is 13.2. The number of hydrogen-bond acceptors (Lipinski definition) is 2. The van der Waals surface area contributed by atoms with Gasteiger partial charge in [-0.1, -0.05) is 170 Å². The summed E-state index contributed by atoms with van der Waals surface area (Å²) in [5.41, 5.74) is 17.5. The lowest BCUT2D eigenvalue weighted by Gasteiger charge is -2.32. The minimum absolute atomic E-state index is 0.422. The summed E-state index contributed by atoms with van der Waals surface area (Å²) < 4.78 is 6.47. The Bertz CT molecular complexity index is 3120. The number of rotatable bonds is 4. The quantitative estimate of drug-likeness (QED) is 0.182. The zero-order valence-corrected chi connectivity index (χ0v) is 29.9. The molecule has 0 unspecified atom stereocenters. The zero-order chi connectivity index (χ0) is 36.1. The lowest BCUT2D eigenvalue weighted by molar-refractivity contribution is 0.670. The lowest BCUT2D eigenvalue weighted by Crippen LogP contribution is -2.26. The third kappa shape index (κ3) is 4.08. The van der Waals surface area contributed by atoms with Crippen LogP contribution in [-0.2, 0) is 5.41 Å². The maximum Gasteiger partial charge on any atom is 0.143 e. The van der Waals surface area contributed by atoms with Gasteiger partial charge in [0, 0.05) is 33.0 Å². The van der Waals surface area contributed by atoms with Crippen LogP contribution in [0.25, 0.3) is 66.1 Å². The molecule has 0 radical (unpaired) electrons. The molecule has 0 saturated heterocycles. The Morgan fingerprint density at radius 2 is 0.891 bits per heavy atom. The molecular weight excluding hydrogens is 667 g/mol. The van der Waals surface area contributed by atoms with Crippen LogP contribution < -0.4 is 4.90 Å². The van der Waals surface area contributed by atoms with E-state index in [1.807, 2.05) is 12.1 Å². The van der Waals surface area contributed by atoms with Crippen LogP contribution in [0.15, 0.2) is 205 Å². The molecule has 0 amide bonds. The van der Waals surface area contributed by atoms with Crippen molar-refractivity contribution >= 4 is 49.8 Å². The Morgan fingerprint density at radius 1 is 0.364 bits per heavy atom. The molecule has 2 aliphatic carbocycles. The van der Waals surface area contributed by atoms with Crippen molar-refractivity contribution in [2.24, 2.45) is 0 Å². The monoisotopic (exact) mass is 699 g/mol. The van der Waals surface area contributed by atoms with Gasteiger partial charge in [-0.25, -0.2) is 0 Å². The van der Waals surface area contributed by atoms with Gasteiger partial charge in [-0.05, 0) is 80.2 Å². The first-order valence-electron chi connectivity index (χ1n) is 19.0. The molecule has 55 heavy (non-hydrogen) atoms. The van der Waals surface area contributed by atoms with Crippen molar-refractivity contribution in [3.8, 4) is 33.4 Å². The maximum absolute atomic E-state index is 6.47. The molecule has 0 aliphatic heterocycles. The standard InChI is InChI=1S/C53H33NO/c1-2-16-37-34(14-1)15-11-27-48(37)54(36-32-30-35(31-33-36)38-21-12-22-42-41-19-6-10-29-50(41)55-52(38)42)49-28-13-26-47-51(49)43-20-5-9-25-46(43)53(47)44-23-7-3-17-39(44)40-18-4-8-24-45(40)53/h1-33H. The highest BCUT2D eigenvalue weighted by Gasteiger charge is 2.52. The Kier molecular flexibility index (Phi) is 6.29. The molecule has 2 aliphatic rings. The van der Waals surface area contributed by atoms with Crippen LogP contribution in [-0.4, -0.2) is 0 Å². The molecule has 0 N–H and O–H groups in total. The molecule has 0 bridgehead atoms. The molecule has 10 aromatic rings. The number of para-hydroxylation sites is 2. The average molecular weight is 700 g/mol. The van der Waals surface area contributed by atoms with Crippen LogP contribution >= 0.6 is 0 Å². The van der Waals surface area contributed by atoms with E-state index in [1.54, 1.807) is 0 Å². The lowest BCUT2D eigenvalue weighted by atomic mass is 9.70. The van der Waals surface area contributed by atoms with Gasteiger partial charge in [0.2, 0.25) is 0 Å². The van der Waals surface area contributed by atoms with Crippen LogP contribution in [0.3, 0.4) is 0 Å². The topological polar surface area (TPSA) is 16.4 Å². The molecule has 256 valence electrons. The van der Waals surface area contributed by atoms with Gasteiger partial charge in [0.15, 0.2) is 0 Å². The fourth-order valence-electron chi connectivity index (χ4n) is 9.89. The Hall–Kier alpha value is -7.16. The van der Waals surface area contributed by atoms with E-state index >= 15 is 0 Å². The van der Waals surface area contributed by atoms with E-state index in [4.69, 9.17) is 4.42 Å². The molecule has 0 saturated carbocycles. The van der Waals surface area contributed by atoms with E-state index in [9.17, 15) is 0 Å². The van der Waals surface area contributed by atoms with Gasteiger partial charge in [-0.2, -0.15) is 0 Å². The summed E-state index contributed by atoms with van der Waals surface area (Å²) in [5.74, 6) is 0. The minimum atomic E-state index is -0.422. The molecule has 12 rings (SSSR count). The zero-order valence-electron chi connectivity index (χ0n) is 29.9. The van der Waals surface area contributed by atoms with Gasteiger partial charge in [0.05, 0.1) is 16.8 Å². The summed E-state index contributed by atoms with van der Waals surface area (Å²) in [4.78, 5) is 2.48. The SMILES string of the molecule is c1ccc2c(c1)-c1ccccc1C21c2ccccc2-c2c(N(c3ccc(-c4cccc5c4oc4ccccc45)cc3)c3cccc4ccccc34)cccc21. The molecule has 2 heteroatoms. The first kappa shape index (κ1) is 30.3. The number of hydrogen-bond donors (Lipinski definition) is 0. The summed E-state index contributed by atoms with van der Waals surface area (Å²) in [6, 6.07) is 73.2. The van der Waals surface area contributed by atoms with Crippen LogP contribution in [0, 0.1) is 0 Å². The maximum atomic E-state index is 6.47. The van der Waals surface area contributed by atoms with E-state index < -0.39 is 5.41 Å². The van der Waals surface area contributed by atoms with Crippen LogP contribution in [0.4, 0.5) is 17.1 Å². The van der Waals surface area contributed by atoms with Crippen molar-refractivity contribution in [2.45, 2.75) is 5.41 Å². The largest absolute Gasteiger partial charge is 0.455 e. The predicted molar refractivity (Wildman–Crippen MR) is 228 cm³/mol. The Labute approximate surface area is 319 Å². The summed E-state index contributed by atoms with van der Waals surface area (Å²) in [6.45, 7) is 0. The molecule has 1 aromatic heterocycles. The molecule has 1 heterocycles. The first-order chi connectivity index (χ1) is 27.3. The van der Waals surface area contributed by atoms with Crippen molar-refractivity contribution in [3.63, 3.8) is 0 Å². The molecule has 2 nitrogen and oxygen atoms in total. The van der Waals surface area contributed by atoms with Crippen molar-refractivity contribution in [2.75, 3.05) is 4.90 Å². The molecule has 0 atom stereocenters. The smallest absolute Gasteiger partial charge is 0.143 e. The van der Waals surface area contributed by atoms with E-state index in [0.717, 1.165) is 50.1 Å². The molecule has 1 spiro atoms. The second-order valence-electron chi connectivity index (χ2n) is 14.7. The average Bonchev–Trinajstić information content (AvgIpc) is 3.89. The van der Waals surface area contributed by atoms with Gasteiger partial charge in [-0.15, -0.1) is 0 Å². The summed E-state index contributed by atoms with van der Waals surface area (Å²) >= 11 is 0. The summed E-state index contributed by atoms with van der Waals surface area (Å²) in [7, 11) is 0. The van der Waals surface area contributed by atoms with Gasteiger partial charge >= 0.3 is 0 Å². The van der Waals surface area contributed by atoms with E-state index in [1.165, 1.54) is 55.3 Å². The van der Waals surface area contributed by atoms with E-state index in [0.29, 0.717) is 0 Å². The predicted octanol–water partition coefficient (Wildman–Crippen LogP) is 14.2. The summed E-state index contributed by atoms with van der Waals surface area (Å²) in [5, 5.41) is 4.69. The number of benzene rings is 9. The highest BCUT2D eigenvalue weighted by molar-refractivity contribution is 6.10. The van der Waals surface area contributed by atoms with Crippen LogP contribution in [0.5, 0.6) is 0 Å². The third-order valence-electron chi connectivity index (χ3n) is 12.1. The number of furan rings is 1. The fourth-order valence-corrected chi connectivity index (χ4v) is 9.89. The second-order valence-corrected chi connectivity index (χ2v) is 14.7. The number of anilines is 3. The van der Waals surface area contributed by atoms with Crippen molar-refractivity contribution in [1.29, 1.82) is 0 Å². The number of fused-ring (bicyclic) bond motifs is 14. The Balaban J connectivity index is 1.11. The minimum Gasteiger partial charge on any atom is -0.455 e. The van der Waals surface area contributed by atoms with Crippen LogP contribution in [0.2, 0.25) is 0 Å². The van der Waals surface area contributed by atoms with Crippen molar-refractivity contribution in [3.05, 3.63) is 222 Å². The molecule has 9 aromatic carbocycles. The fraction of sp³-hybridized carbons (Fsp3) is 0.0189. The second kappa shape index (κ2) is 11.4. The molecular formula is C53H33NO. The third-order valence-corrected chi connectivity index (χ3v) is 12.1. The highest BCUT2D eigenvalue weighted by Crippen LogP contribution is 2.64. The van der Waals surface area contributed by atoms with Gasteiger partial charge in [0.1, 0.15) is 11.2 Å². The summed E-state index contributed by atoms with van der Waals surface area (Å²) in [6.07, 6.45) is 0. The first-order valence-corrected chi connectivity index (χ1v) is 19.0. The number of nitrogens with zero attached hydrogens (tertiary/aromatic N) is 1. The van der Waals surface area contributed by atoms with Gasteiger partial charge in [0.25, 0.3) is 0 Å².